The van der Waals surface area contributed by atoms with Crippen LogP contribution in [0.1, 0.15) is 49.7 Å². The highest BCUT2D eigenvalue weighted by molar-refractivity contribution is 5.75. The van der Waals surface area contributed by atoms with E-state index in [-0.39, 0.29) is 6.10 Å². The van der Waals surface area contributed by atoms with E-state index in [4.69, 9.17) is 14.6 Å². The van der Waals surface area contributed by atoms with Crippen molar-refractivity contribution < 1.29 is 19.4 Å². The quantitative estimate of drug-likeness (QED) is 0.873. The Morgan fingerprint density at radius 3 is 2.57 bits per heavy atom. The van der Waals surface area contributed by atoms with Crippen LogP contribution >= 0.6 is 0 Å². The highest BCUT2D eigenvalue weighted by Gasteiger charge is 2.22. The molecule has 1 saturated carbocycles. The number of benzene rings is 1. The number of hydrogen-bond acceptors (Lipinski definition) is 3. The third kappa shape index (κ3) is 4.55. The molecule has 0 amide bonds. The van der Waals surface area contributed by atoms with Gasteiger partial charge in [-0.2, -0.15) is 0 Å². The van der Waals surface area contributed by atoms with Crippen molar-refractivity contribution in [1.82, 2.24) is 0 Å². The maximum Gasteiger partial charge on any atom is 0.310 e. The van der Waals surface area contributed by atoms with Crippen molar-refractivity contribution >= 4 is 5.97 Å². The van der Waals surface area contributed by atoms with Crippen molar-refractivity contribution in [2.75, 3.05) is 7.11 Å². The van der Waals surface area contributed by atoms with E-state index in [1.807, 2.05) is 24.3 Å². The molecule has 21 heavy (non-hydrogen) atoms. The van der Waals surface area contributed by atoms with Gasteiger partial charge in [0.05, 0.1) is 24.7 Å². The van der Waals surface area contributed by atoms with E-state index in [1.165, 1.54) is 0 Å². The Morgan fingerprint density at radius 2 is 1.95 bits per heavy atom. The summed E-state index contributed by atoms with van der Waals surface area (Å²) in [6.07, 6.45) is 4.92. The van der Waals surface area contributed by atoms with E-state index in [0.29, 0.717) is 12.7 Å². The molecule has 4 heteroatoms. The Hall–Kier alpha value is -1.39. The number of methoxy groups -OCH3 is 1. The number of hydrogen-bond donors (Lipinski definition) is 1. The minimum atomic E-state index is -0.799. The fraction of sp³-hybridized carbons (Fsp3) is 0.588. The average molecular weight is 292 g/mol. The number of ether oxygens (including phenoxy) is 2. The Balaban J connectivity index is 1.85. The molecule has 0 spiro atoms. The fourth-order valence-electron chi connectivity index (χ4n) is 2.73. The lowest BCUT2D eigenvalue weighted by Gasteiger charge is -2.28. The average Bonchev–Trinajstić information content (AvgIpc) is 2.53. The van der Waals surface area contributed by atoms with Crippen LogP contribution in [0.3, 0.4) is 0 Å². The Kier molecular flexibility index (Phi) is 5.76. The molecule has 1 aliphatic rings. The van der Waals surface area contributed by atoms with E-state index in [0.717, 1.165) is 36.8 Å². The molecule has 1 N–H and O–H groups in total. The van der Waals surface area contributed by atoms with E-state index in [9.17, 15) is 4.79 Å². The lowest BCUT2D eigenvalue weighted by atomic mass is 9.95. The van der Waals surface area contributed by atoms with Gasteiger partial charge in [0.1, 0.15) is 0 Å². The molecule has 2 rings (SSSR count). The van der Waals surface area contributed by atoms with Gasteiger partial charge >= 0.3 is 5.97 Å². The first-order valence-corrected chi connectivity index (χ1v) is 7.56. The third-order valence-electron chi connectivity index (χ3n) is 4.25. The second kappa shape index (κ2) is 7.57. The van der Waals surface area contributed by atoms with Crippen LogP contribution in [0.4, 0.5) is 0 Å². The van der Waals surface area contributed by atoms with E-state index < -0.39 is 11.9 Å². The van der Waals surface area contributed by atoms with E-state index in [2.05, 4.69) is 0 Å². The van der Waals surface area contributed by atoms with Crippen molar-refractivity contribution in [3.8, 4) is 0 Å². The molecule has 0 aromatic heterocycles. The summed E-state index contributed by atoms with van der Waals surface area (Å²) in [4.78, 5) is 10.9. The number of rotatable bonds is 6. The van der Waals surface area contributed by atoms with Gasteiger partial charge in [0.15, 0.2) is 0 Å². The lowest BCUT2D eigenvalue weighted by molar-refractivity contribution is -0.138. The largest absolute Gasteiger partial charge is 0.481 e. The SMILES string of the molecule is COC1CCCC(OCc2ccc(C(C)C(=O)O)cc2)C1. The highest BCUT2D eigenvalue weighted by Crippen LogP contribution is 2.24. The summed E-state index contributed by atoms with van der Waals surface area (Å²) in [6.45, 7) is 2.27. The maximum atomic E-state index is 10.9. The highest BCUT2D eigenvalue weighted by atomic mass is 16.5. The molecule has 3 unspecified atom stereocenters. The Morgan fingerprint density at radius 1 is 1.29 bits per heavy atom. The predicted molar refractivity (Wildman–Crippen MR) is 80.3 cm³/mol. The first kappa shape index (κ1) is 16.0. The van der Waals surface area contributed by atoms with Crippen molar-refractivity contribution in [3.63, 3.8) is 0 Å². The van der Waals surface area contributed by atoms with Crippen LogP contribution in [0.2, 0.25) is 0 Å². The van der Waals surface area contributed by atoms with Gasteiger partial charge in [0, 0.05) is 7.11 Å². The second-order valence-electron chi connectivity index (χ2n) is 5.76. The zero-order valence-corrected chi connectivity index (χ0v) is 12.7. The number of carboxylic acid groups (broad SMARTS) is 1. The summed E-state index contributed by atoms with van der Waals surface area (Å²) in [6, 6.07) is 7.64. The molecule has 0 saturated heterocycles. The third-order valence-corrected chi connectivity index (χ3v) is 4.25. The number of aliphatic carboxylic acids is 1. The molecular formula is C17H24O4. The summed E-state index contributed by atoms with van der Waals surface area (Å²) < 4.78 is 11.4. The molecule has 3 atom stereocenters. The zero-order valence-electron chi connectivity index (χ0n) is 12.7. The predicted octanol–water partition coefficient (Wildman–Crippen LogP) is 3.35. The molecule has 1 aliphatic carbocycles. The molecule has 0 heterocycles. The monoisotopic (exact) mass is 292 g/mol. The topological polar surface area (TPSA) is 55.8 Å². The molecule has 1 fully saturated rings. The fourth-order valence-corrected chi connectivity index (χ4v) is 2.73. The smallest absolute Gasteiger partial charge is 0.310 e. The molecule has 1 aromatic carbocycles. The summed E-state index contributed by atoms with van der Waals surface area (Å²) in [7, 11) is 1.76. The summed E-state index contributed by atoms with van der Waals surface area (Å²) in [5, 5.41) is 8.99. The van der Waals surface area contributed by atoms with Gasteiger partial charge in [-0.15, -0.1) is 0 Å². The first-order chi connectivity index (χ1) is 10.1. The van der Waals surface area contributed by atoms with Gasteiger partial charge in [-0.3, -0.25) is 4.79 Å². The van der Waals surface area contributed by atoms with Gasteiger partial charge < -0.3 is 14.6 Å². The zero-order chi connectivity index (χ0) is 15.2. The van der Waals surface area contributed by atoms with Crippen molar-refractivity contribution in [2.24, 2.45) is 0 Å². The van der Waals surface area contributed by atoms with Gasteiger partial charge in [0.25, 0.3) is 0 Å². The normalized spacial score (nSPS) is 23.7. The Labute approximate surface area is 126 Å². The van der Waals surface area contributed by atoms with Crippen molar-refractivity contribution in [2.45, 2.75) is 57.3 Å². The van der Waals surface area contributed by atoms with Crippen molar-refractivity contribution in [1.29, 1.82) is 0 Å². The lowest BCUT2D eigenvalue weighted by Crippen LogP contribution is -2.27. The van der Waals surface area contributed by atoms with Crippen LogP contribution in [0.25, 0.3) is 0 Å². The maximum absolute atomic E-state index is 10.9. The summed E-state index contributed by atoms with van der Waals surface area (Å²) in [5.41, 5.74) is 1.90. The molecule has 1 aromatic rings. The van der Waals surface area contributed by atoms with Crippen LogP contribution in [-0.4, -0.2) is 30.4 Å². The first-order valence-electron chi connectivity index (χ1n) is 7.56. The van der Waals surface area contributed by atoms with Crippen LogP contribution in [0, 0.1) is 0 Å². The number of carbonyl (C=O) groups is 1. The van der Waals surface area contributed by atoms with Gasteiger partial charge in [-0.05, 0) is 43.7 Å². The van der Waals surface area contributed by atoms with E-state index >= 15 is 0 Å². The van der Waals surface area contributed by atoms with Crippen LogP contribution in [-0.2, 0) is 20.9 Å². The van der Waals surface area contributed by atoms with Gasteiger partial charge in [-0.25, -0.2) is 0 Å². The Bertz CT molecular complexity index is 454. The minimum absolute atomic E-state index is 0.265. The number of carboxylic acids is 1. The molecule has 0 aliphatic heterocycles. The minimum Gasteiger partial charge on any atom is -0.481 e. The van der Waals surface area contributed by atoms with Crippen LogP contribution in [0.5, 0.6) is 0 Å². The van der Waals surface area contributed by atoms with Crippen LogP contribution < -0.4 is 0 Å². The standard InChI is InChI=1S/C17H24O4/c1-12(17(18)19)14-8-6-13(7-9-14)11-21-16-5-3-4-15(10-16)20-2/h6-9,12,15-16H,3-5,10-11H2,1-2H3,(H,18,19). The van der Waals surface area contributed by atoms with Crippen LogP contribution in [0.15, 0.2) is 24.3 Å². The second-order valence-corrected chi connectivity index (χ2v) is 5.76. The van der Waals surface area contributed by atoms with E-state index in [1.54, 1.807) is 14.0 Å². The van der Waals surface area contributed by atoms with Crippen molar-refractivity contribution in [3.05, 3.63) is 35.4 Å². The molecule has 4 nitrogen and oxygen atoms in total. The molecule has 116 valence electrons. The molecular weight excluding hydrogens is 268 g/mol. The van der Waals surface area contributed by atoms with Gasteiger partial charge in [-0.1, -0.05) is 24.3 Å². The summed E-state index contributed by atoms with van der Waals surface area (Å²) in [5.74, 6) is -1.27. The molecule has 0 bridgehead atoms. The van der Waals surface area contributed by atoms with Gasteiger partial charge in [0.2, 0.25) is 0 Å². The summed E-state index contributed by atoms with van der Waals surface area (Å²) >= 11 is 0. The molecule has 0 radical (unpaired) electrons.